The van der Waals surface area contributed by atoms with E-state index in [1.54, 1.807) is 13.0 Å². The van der Waals surface area contributed by atoms with Crippen LogP contribution in [-0.2, 0) is 0 Å². The van der Waals surface area contributed by atoms with E-state index in [4.69, 9.17) is 0 Å². The van der Waals surface area contributed by atoms with Crippen LogP contribution < -0.4 is 5.32 Å². The zero-order valence-corrected chi connectivity index (χ0v) is 11.2. The minimum absolute atomic E-state index is 0.257. The molecule has 1 N–H and O–H groups in total. The van der Waals surface area contributed by atoms with E-state index in [1.165, 1.54) is 12.1 Å². The summed E-state index contributed by atoms with van der Waals surface area (Å²) in [5, 5.41) is 3.46. The molecule has 0 unspecified atom stereocenters. The van der Waals surface area contributed by atoms with Crippen molar-refractivity contribution in [2.45, 2.75) is 26.3 Å². The van der Waals surface area contributed by atoms with Crippen molar-refractivity contribution >= 4 is 21.8 Å². The van der Waals surface area contributed by atoms with Crippen LogP contribution in [0.3, 0.4) is 0 Å². The van der Waals surface area contributed by atoms with Gasteiger partial charge in [0.1, 0.15) is 5.82 Å². The Balaban J connectivity index is 2.89. The first-order chi connectivity index (χ1) is 7.34. The van der Waals surface area contributed by atoms with Gasteiger partial charge in [-0.05, 0) is 44.5 Å². The van der Waals surface area contributed by atoms with Crippen LogP contribution >= 0.6 is 15.9 Å². The van der Waals surface area contributed by atoms with Gasteiger partial charge < -0.3 is 5.32 Å². The summed E-state index contributed by atoms with van der Waals surface area (Å²) in [5.74, 6) is -0.645. The SMILES string of the molecule is Cc1cc(F)cc(C(=O)NC(C)(C)CBr)c1. The molecule has 0 fully saturated rings. The van der Waals surface area contributed by atoms with Gasteiger partial charge in [0.15, 0.2) is 0 Å². The highest BCUT2D eigenvalue weighted by Crippen LogP contribution is 2.11. The van der Waals surface area contributed by atoms with Crippen molar-refractivity contribution in [3.63, 3.8) is 0 Å². The average Bonchev–Trinajstić information content (AvgIpc) is 2.15. The van der Waals surface area contributed by atoms with E-state index in [0.29, 0.717) is 10.9 Å². The van der Waals surface area contributed by atoms with E-state index >= 15 is 0 Å². The molecule has 0 aliphatic rings. The Bertz CT molecular complexity index is 384. The zero-order valence-electron chi connectivity index (χ0n) is 9.60. The van der Waals surface area contributed by atoms with Gasteiger partial charge >= 0.3 is 0 Å². The van der Waals surface area contributed by atoms with Crippen LogP contribution in [0.2, 0.25) is 0 Å². The highest BCUT2D eigenvalue weighted by molar-refractivity contribution is 9.09. The van der Waals surface area contributed by atoms with Gasteiger partial charge in [-0.1, -0.05) is 15.9 Å². The summed E-state index contributed by atoms with van der Waals surface area (Å²) in [5.41, 5.74) is 0.741. The summed E-state index contributed by atoms with van der Waals surface area (Å²) in [4.78, 5) is 11.8. The maximum absolute atomic E-state index is 13.1. The van der Waals surface area contributed by atoms with Crippen LogP contribution in [0.5, 0.6) is 0 Å². The Morgan fingerprint density at radius 1 is 1.44 bits per heavy atom. The molecule has 4 heteroatoms. The number of carbonyl (C=O) groups excluding carboxylic acids is 1. The number of benzene rings is 1. The van der Waals surface area contributed by atoms with E-state index in [2.05, 4.69) is 21.2 Å². The number of hydrogen-bond acceptors (Lipinski definition) is 1. The first-order valence-electron chi connectivity index (χ1n) is 5.00. The minimum atomic E-state index is -0.387. The number of halogens is 2. The van der Waals surface area contributed by atoms with Gasteiger partial charge in [-0.15, -0.1) is 0 Å². The summed E-state index contributed by atoms with van der Waals surface area (Å²) in [6.45, 7) is 5.55. The molecule has 0 saturated carbocycles. The molecule has 1 aromatic carbocycles. The second kappa shape index (κ2) is 4.95. The van der Waals surface area contributed by atoms with Crippen LogP contribution in [0.25, 0.3) is 0 Å². The van der Waals surface area contributed by atoms with Gasteiger partial charge in [0, 0.05) is 16.4 Å². The molecule has 1 rings (SSSR count). The highest BCUT2D eigenvalue weighted by atomic mass is 79.9. The van der Waals surface area contributed by atoms with Crippen LogP contribution in [0, 0.1) is 12.7 Å². The predicted molar refractivity (Wildman–Crippen MR) is 66.5 cm³/mol. The fourth-order valence-corrected chi connectivity index (χ4v) is 1.42. The summed E-state index contributed by atoms with van der Waals surface area (Å²) in [7, 11) is 0. The predicted octanol–water partition coefficient (Wildman–Crippen LogP) is 3.04. The van der Waals surface area contributed by atoms with Gasteiger partial charge in [0.05, 0.1) is 0 Å². The molecule has 16 heavy (non-hydrogen) atoms. The summed E-state index contributed by atoms with van der Waals surface area (Å²) >= 11 is 3.31. The van der Waals surface area contributed by atoms with Crippen LogP contribution in [0.15, 0.2) is 18.2 Å². The largest absolute Gasteiger partial charge is 0.346 e. The molecule has 88 valence electrons. The topological polar surface area (TPSA) is 29.1 Å². The van der Waals surface area contributed by atoms with Gasteiger partial charge in [-0.25, -0.2) is 4.39 Å². The van der Waals surface area contributed by atoms with Crippen molar-refractivity contribution in [2.24, 2.45) is 0 Å². The lowest BCUT2D eigenvalue weighted by Gasteiger charge is -2.23. The second-order valence-corrected chi connectivity index (χ2v) is 5.05. The lowest BCUT2D eigenvalue weighted by atomic mass is 10.1. The Morgan fingerprint density at radius 2 is 2.06 bits per heavy atom. The highest BCUT2D eigenvalue weighted by Gasteiger charge is 2.19. The Labute approximate surface area is 103 Å². The maximum Gasteiger partial charge on any atom is 0.251 e. The quantitative estimate of drug-likeness (QED) is 0.851. The van der Waals surface area contributed by atoms with E-state index in [0.717, 1.165) is 5.56 Å². The number of amides is 1. The van der Waals surface area contributed by atoms with Crippen LogP contribution in [-0.4, -0.2) is 16.8 Å². The number of aryl methyl sites for hydroxylation is 1. The molecule has 0 aromatic heterocycles. The number of alkyl halides is 1. The van der Waals surface area contributed by atoms with Gasteiger partial charge in [0.2, 0.25) is 0 Å². The molecule has 2 nitrogen and oxygen atoms in total. The summed E-state index contributed by atoms with van der Waals surface area (Å²) < 4.78 is 13.1. The normalized spacial score (nSPS) is 11.3. The lowest BCUT2D eigenvalue weighted by molar-refractivity contribution is 0.0920. The standard InChI is InChI=1S/C12H15BrFNO/c1-8-4-9(6-10(14)5-8)11(16)15-12(2,3)7-13/h4-6H,7H2,1-3H3,(H,15,16). The lowest BCUT2D eigenvalue weighted by Crippen LogP contribution is -2.44. The Hall–Kier alpha value is -0.900. The third-order valence-corrected chi connectivity index (χ3v) is 3.49. The van der Waals surface area contributed by atoms with Crippen molar-refractivity contribution in [3.05, 3.63) is 35.1 Å². The zero-order chi connectivity index (χ0) is 12.3. The molecular weight excluding hydrogens is 273 g/mol. The van der Waals surface area contributed by atoms with E-state index in [-0.39, 0.29) is 17.3 Å². The van der Waals surface area contributed by atoms with Gasteiger partial charge in [-0.2, -0.15) is 0 Å². The van der Waals surface area contributed by atoms with Crippen molar-refractivity contribution in [3.8, 4) is 0 Å². The molecule has 0 spiro atoms. The fraction of sp³-hybridized carbons (Fsp3) is 0.417. The van der Waals surface area contributed by atoms with E-state index < -0.39 is 0 Å². The number of carbonyl (C=O) groups is 1. The molecule has 1 amide bonds. The van der Waals surface area contributed by atoms with Crippen molar-refractivity contribution < 1.29 is 9.18 Å². The van der Waals surface area contributed by atoms with E-state index in [1.807, 2.05) is 13.8 Å². The van der Waals surface area contributed by atoms with Crippen molar-refractivity contribution in [1.82, 2.24) is 5.32 Å². The summed E-state index contributed by atoms with van der Waals surface area (Å²) in [6, 6.07) is 4.31. The first kappa shape index (κ1) is 13.2. The Kier molecular flexibility index (Phi) is 4.08. The molecule has 1 aromatic rings. The Morgan fingerprint density at radius 3 is 2.56 bits per heavy atom. The third kappa shape index (κ3) is 3.59. The van der Waals surface area contributed by atoms with E-state index in [9.17, 15) is 9.18 Å². The third-order valence-electron chi connectivity index (χ3n) is 2.09. The number of hydrogen-bond donors (Lipinski definition) is 1. The maximum atomic E-state index is 13.1. The molecule has 0 radical (unpaired) electrons. The van der Waals surface area contributed by atoms with Gasteiger partial charge in [-0.3, -0.25) is 4.79 Å². The molecular formula is C12H15BrFNO. The van der Waals surface area contributed by atoms with Crippen molar-refractivity contribution in [2.75, 3.05) is 5.33 Å². The second-order valence-electron chi connectivity index (χ2n) is 4.49. The van der Waals surface area contributed by atoms with Crippen LogP contribution in [0.4, 0.5) is 4.39 Å². The van der Waals surface area contributed by atoms with Gasteiger partial charge in [0.25, 0.3) is 5.91 Å². The molecule has 0 bridgehead atoms. The molecule has 0 aliphatic carbocycles. The van der Waals surface area contributed by atoms with Crippen LogP contribution in [0.1, 0.15) is 29.8 Å². The molecule has 0 heterocycles. The number of rotatable bonds is 3. The molecule has 0 atom stereocenters. The smallest absolute Gasteiger partial charge is 0.251 e. The molecule has 0 aliphatic heterocycles. The summed E-state index contributed by atoms with van der Waals surface area (Å²) in [6.07, 6.45) is 0. The van der Waals surface area contributed by atoms with Crippen molar-refractivity contribution in [1.29, 1.82) is 0 Å². The minimum Gasteiger partial charge on any atom is -0.346 e. The fourth-order valence-electron chi connectivity index (χ4n) is 1.28. The monoisotopic (exact) mass is 287 g/mol. The first-order valence-corrected chi connectivity index (χ1v) is 6.12. The number of nitrogens with one attached hydrogen (secondary N) is 1. The average molecular weight is 288 g/mol. The molecule has 0 saturated heterocycles.